The first-order chi connectivity index (χ1) is 8.63. The van der Waals surface area contributed by atoms with E-state index in [1.807, 2.05) is 0 Å². The van der Waals surface area contributed by atoms with Crippen molar-refractivity contribution < 1.29 is 5.11 Å². The number of nitrogens with zero attached hydrogens (tertiary/aromatic N) is 2. The third kappa shape index (κ3) is 1.31. The average molecular weight is 244 g/mol. The largest absolute Gasteiger partial charge is 0.391 e. The molecule has 5 atom stereocenters. The van der Waals surface area contributed by atoms with Gasteiger partial charge in [-0.05, 0) is 56.6 Å². The zero-order valence-corrected chi connectivity index (χ0v) is 11.0. The summed E-state index contributed by atoms with van der Waals surface area (Å²) in [4.78, 5) is 6.90. The number of aryl methyl sites for hydroxylation is 2. The van der Waals surface area contributed by atoms with Gasteiger partial charge in [-0.1, -0.05) is 0 Å². The van der Waals surface area contributed by atoms with Crippen molar-refractivity contribution in [3.63, 3.8) is 0 Å². The third-order valence-electron chi connectivity index (χ3n) is 5.25. The summed E-state index contributed by atoms with van der Waals surface area (Å²) in [6.45, 7) is 5.23. The van der Waals surface area contributed by atoms with E-state index in [9.17, 15) is 5.11 Å². The Morgan fingerprint density at radius 3 is 2.56 bits per heavy atom. The summed E-state index contributed by atoms with van der Waals surface area (Å²) in [7, 11) is 0. The Morgan fingerprint density at radius 1 is 1.17 bits per heavy atom. The van der Waals surface area contributed by atoms with Crippen molar-refractivity contribution in [2.24, 2.45) is 17.8 Å². The zero-order chi connectivity index (χ0) is 12.4. The van der Waals surface area contributed by atoms with E-state index in [4.69, 9.17) is 0 Å². The highest BCUT2D eigenvalue weighted by Crippen LogP contribution is 2.55. The molecule has 1 aliphatic heterocycles. The smallest absolute Gasteiger partial charge is 0.0774 e. The van der Waals surface area contributed by atoms with Crippen molar-refractivity contribution in [1.29, 1.82) is 0 Å². The second kappa shape index (κ2) is 3.47. The molecular formula is C15H20N2O. The van der Waals surface area contributed by atoms with Gasteiger partial charge in [0.15, 0.2) is 0 Å². The van der Waals surface area contributed by atoms with Crippen LogP contribution < -0.4 is 4.90 Å². The minimum Gasteiger partial charge on any atom is -0.391 e. The minimum absolute atomic E-state index is 0.109. The van der Waals surface area contributed by atoms with Gasteiger partial charge in [0, 0.05) is 23.6 Å². The summed E-state index contributed by atoms with van der Waals surface area (Å²) in [5.41, 5.74) is 3.42. The van der Waals surface area contributed by atoms with Crippen LogP contribution in [0.25, 0.3) is 0 Å². The monoisotopic (exact) mass is 244 g/mol. The van der Waals surface area contributed by atoms with Crippen molar-refractivity contribution >= 4 is 5.69 Å². The van der Waals surface area contributed by atoms with Crippen molar-refractivity contribution in [2.75, 3.05) is 11.4 Å². The van der Waals surface area contributed by atoms with E-state index in [0.29, 0.717) is 12.0 Å². The van der Waals surface area contributed by atoms with Crippen LogP contribution in [0, 0.1) is 31.6 Å². The van der Waals surface area contributed by atoms with Crippen LogP contribution in [0.4, 0.5) is 5.69 Å². The predicted molar refractivity (Wildman–Crippen MR) is 70.6 cm³/mol. The third-order valence-corrected chi connectivity index (χ3v) is 5.25. The van der Waals surface area contributed by atoms with E-state index in [0.717, 1.165) is 29.8 Å². The van der Waals surface area contributed by atoms with Gasteiger partial charge in [-0.25, -0.2) is 0 Å². The predicted octanol–water partition coefficient (Wildman–Crippen LogP) is 1.90. The van der Waals surface area contributed by atoms with Crippen LogP contribution in [0.1, 0.15) is 24.2 Å². The zero-order valence-electron chi connectivity index (χ0n) is 11.0. The van der Waals surface area contributed by atoms with Crippen LogP contribution in [0.15, 0.2) is 12.1 Å². The van der Waals surface area contributed by atoms with Crippen molar-refractivity contribution in [3.8, 4) is 0 Å². The lowest BCUT2D eigenvalue weighted by Gasteiger charge is -2.30. The quantitative estimate of drug-likeness (QED) is 0.819. The van der Waals surface area contributed by atoms with E-state index >= 15 is 0 Å². The van der Waals surface area contributed by atoms with Gasteiger partial charge in [0.1, 0.15) is 0 Å². The standard InChI is InChI=1S/C15H20N2O/c1-8-3-12(4-9(2)16-8)17-7-11-5-10-6-13(11)14(17)15(10)18/h3-4,10-11,13-15,18H,5-7H2,1-2H3. The maximum Gasteiger partial charge on any atom is 0.0774 e. The molecule has 5 unspecified atom stereocenters. The molecule has 0 spiro atoms. The van der Waals surface area contributed by atoms with Gasteiger partial charge in [-0.2, -0.15) is 0 Å². The lowest BCUT2D eigenvalue weighted by atomic mass is 9.88. The first kappa shape index (κ1) is 10.8. The number of aliphatic hydroxyl groups is 1. The summed E-state index contributed by atoms with van der Waals surface area (Å²) in [5.74, 6) is 2.12. The fraction of sp³-hybridized carbons (Fsp3) is 0.667. The number of rotatable bonds is 1. The molecule has 3 heteroatoms. The molecule has 3 nitrogen and oxygen atoms in total. The van der Waals surface area contributed by atoms with Crippen LogP contribution in [0.5, 0.6) is 0 Å². The molecule has 1 saturated heterocycles. The van der Waals surface area contributed by atoms with Crippen LogP contribution in [0.2, 0.25) is 0 Å². The fourth-order valence-corrected chi connectivity index (χ4v) is 4.69. The molecule has 1 N–H and O–H groups in total. The lowest BCUT2D eigenvalue weighted by Crippen LogP contribution is -2.40. The normalized spacial score (nSPS) is 40.8. The maximum atomic E-state index is 10.4. The second-order valence-electron chi connectivity index (χ2n) is 6.40. The van der Waals surface area contributed by atoms with Crippen LogP contribution in [-0.2, 0) is 0 Å². The van der Waals surface area contributed by atoms with Crippen LogP contribution >= 0.6 is 0 Å². The highest BCUT2D eigenvalue weighted by Gasteiger charge is 2.58. The maximum absolute atomic E-state index is 10.4. The van der Waals surface area contributed by atoms with Gasteiger partial charge >= 0.3 is 0 Å². The molecule has 3 aliphatic rings. The molecule has 2 heterocycles. The first-order valence-electron chi connectivity index (χ1n) is 7.03. The molecule has 18 heavy (non-hydrogen) atoms. The summed E-state index contributed by atoms with van der Waals surface area (Å²) < 4.78 is 0. The fourth-order valence-electron chi connectivity index (χ4n) is 4.69. The van der Waals surface area contributed by atoms with Crippen LogP contribution in [0.3, 0.4) is 0 Å². The minimum atomic E-state index is -0.109. The first-order valence-corrected chi connectivity index (χ1v) is 7.03. The number of anilines is 1. The Kier molecular flexibility index (Phi) is 2.08. The molecule has 1 aromatic rings. The van der Waals surface area contributed by atoms with Crippen molar-refractivity contribution in [2.45, 2.75) is 38.8 Å². The number of hydrogen-bond donors (Lipinski definition) is 1. The van der Waals surface area contributed by atoms with E-state index in [1.54, 1.807) is 0 Å². The molecule has 1 aromatic heterocycles. The average Bonchev–Trinajstić information content (AvgIpc) is 2.87. The van der Waals surface area contributed by atoms with Gasteiger partial charge in [0.05, 0.1) is 12.1 Å². The highest BCUT2D eigenvalue weighted by molar-refractivity contribution is 5.52. The van der Waals surface area contributed by atoms with E-state index < -0.39 is 0 Å². The summed E-state index contributed by atoms with van der Waals surface area (Å²) >= 11 is 0. The van der Waals surface area contributed by atoms with E-state index in [1.165, 1.54) is 18.5 Å². The molecule has 3 fully saturated rings. The topological polar surface area (TPSA) is 36.4 Å². The van der Waals surface area contributed by atoms with Gasteiger partial charge in [-0.3, -0.25) is 4.98 Å². The molecule has 96 valence electrons. The van der Waals surface area contributed by atoms with E-state index in [-0.39, 0.29) is 6.10 Å². The molecular weight excluding hydrogens is 224 g/mol. The molecule has 0 aromatic carbocycles. The van der Waals surface area contributed by atoms with Gasteiger partial charge in [-0.15, -0.1) is 0 Å². The molecule has 4 rings (SSSR count). The molecule has 0 radical (unpaired) electrons. The Hall–Kier alpha value is -1.09. The van der Waals surface area contributed by atoms with Crippen molar-refractivity contribution in [3.05, 3.63) is 23.5 Å². The Bertz CT molecular complexity index is 479. The lowest BCUT2D eigenvalue weighted by molar-refractivity contribution is 0.0966. The molecule has 0 amide bonds. The van der Waals surface area contributed by atoms with Gasteiger partial charge < -0.3 is 10.0 Å². The second-order valence-corrected chi connectivity index (χ2v) is 6.40. The Morgan fingerprint density at radius 2 is 1.89 bits per heavy atom. The van der Waals surface area contributed by atoms with Crippen molar-refractivity contribution in [1.82, 2.24) is 4.98 Å². The summed E-state index contributed by atoms with van der Waals surface area (Å²) in [5, 5.41) is 10.4. The van der Waals surface area contributed by atoms with Gasteiger partial charge in [0.2, 0.25) is 0 Å². The number of pyridine rings is 1. The SMILES string of the molecule is Cc1cc(N2CC3CC4CC3C2C4O)cc(C)n1. The van der Waals surface area contributed by atoms with E-state index in [2.05, 4.69) is 35.9 Å². The number of aliphatic hydroxyl groups excluding tert-OH is 1. The van der Waals surface area contributed by atoms with Gasteiger partial charge in [0.25, 0.3) is 0 Å². The number of aromatic nitrogens is 1. The van der Waals surface area contributed by atoms with Crippen LogP contribution in [-0.4, -0.2) is 28.8 Å². The number of hydrogen-bond acceptors (Lipinski definition) is 3. The Balaban J connectivity index is 1.74. The molecule has 2 aliphatic carbocycles. The Labute approximate surface area is 108 Å². The summed E-state index contributed by atoms with van der Waals surface area (Å²) in [6.07, 6.45) is 2.38. The highest BCUT2D eigenvalue weighted by atomic mass is 16.3. The molecule has 2 saturated carbocycles. The molecule has 2 bridgehead atoms. The number of fused-ring (bicyclic) bond motifs is 1. The summed E-state index contributed by atoms with van der Waals surface area (Å²) in [6, 6.07) is 4.70.